The van der Waals surface area contributed by atoms with Crippen LogP contribution in [-0.2, 0) is 0 Å². The van der Waals surface area contributed by atoms with Crippen LogP contribution in [0.2, 0.25) is 0 Å². The normalized spacial score (nSPS) is 11.1. The van der Waals surface area contributed by atoms with Gasteiger partial charge in [0.25, 0.3) is 0 Å². The molecule has 0 aromatic carbocycles. The van der Waals surface area contributed by atoms with Crippen molar-refractivity contribution in [3.05, 3.63) is 5.69 Å². The number of aromatic nitrogens is 2. The van der Waals surface area contributed by atoms with Crippen molar-refractivity contribution in [1.82, 2.24) is 9.78 Å². The first kappa shape index (κ1) is 15.4. The van der Waals surface area contributed by atoms with Gasteiger partial charge in [0.1, 0.15) is 0 Å². The smallest absolute Gasteiger partial charge is 0.150 e. The first-order chi connectivity index (χ1) is 8.88. The molecule has 1 rings (SSSR count). The third-order valence-corrected chi connectivity index (χ3v) is 2.97. The molecule has 0 aliphatic heterocycles. The minimum absolute atomic E-state index is 0.253. The molecule has 1 heterocycles. The minimum Gasteiger partial charge on any atom is -0.394 e. The molecule has 1 aromatic rings. The van der Waals surface area contributed by atoms with Gasteiger partial charge in [-0.15, -0.1) is 0 Å². The number of rotatable bonds is 6. The third-order valence-electron chi connectivity index (χ3n) is 2.97. The number of nitrogens with zero attached hydrogens (tertiary/aromatic N) is 4. The topological polar surface area (TPSA) is 70.9 Å². The summed E-state index contributed by atoms with van der Waals surface area (Å²) in [6, 6.07) is 2.46. The lowest BCUT2D eigenvalue weighted by Crippen LogP contribution is -2.31. The fourth-order valence-corrected chi connectivity index (χ4v) is 2.13. The van der Waals surface area contributed by atoms with E-state index in [0.717, 1.165) is 23.7 Å². The Labute approximate surface area is 116 Å². The van der Waals surface area contributed by atoms with Crippen molar-refractivity contribution in [3.8, 4) is 6.07 Å². The van der Waals surface area contributed by atoms with Gasteiger partial charge in [-0.25, -0.2) is 4.68 Å². The summed E-state index contributed by atoms with van der Waals surface area (Å²) < 4.78 is 1.96. The maximum Gasteiger partial charge on any atom is 0.150 e. The van der Waals surface area contributed by atoms with Gasteiger partial charge in [-0.05, 0) is 26.7 Å². The quantitative estimate of drug-likeness (QED) is 0.856. The predicted molar refractivity (Wildman–Crippen MR) is 79.0 cm³/mol. The SMILES string of the molecule is Cc1nn(C(C)C)c(N(CCC#N)CC(C)C)c1N. The van der Waals surface area contributed by atoms with Crippen molar-refractivity contribution >= 4 is 11.5 Å². The number of nitrogens with two attached hydrogens (primary N) is 1. The molecule has 0 saturated heterocycles. The van der Waals surface area contributed by atoms with Crippen LogP contribution < -0.4 is 10.6 Å². The molecular weight excluding hydrogens is 238 g/mol. The maximum absolute atomic E-state index is 8.82. The van der Waals surface area contributed by atoms with Crippen molar-refractivity contribution in [2.75, 3.05) is 23.7 Å². The lowest BCUT2D eigenvalue weighted by Gasteiger charge is -2.28. The van der Waals surface area contributed by atoms with Crippen molar-refractivity contribution in [1.29, 1.82) is 5.26 Å². The van der Waals surface area contributed by atoms with Gasteiger partial charge in [0.05, 0.1) is 23.9 Å². The summed E-state index contributed by atoms with van der Waals surface area (Å²) in [7, 11) is 0. The van der Waals surface area contributed by atoms with Gasteiger partial charge in [0.15, 0.2) is 5.82 Å². The Balaban J connectivity index is 3.16. The van der Waals surface area contributed by atoms with Crippen molar-refractivity contribution in [3.63, 3.8) is 0 Å². The average Bonchev–Trinajstić information content (AvgIpc) is 2.61. The summed E-state index contributed by atoms with van der Waals surface area (Å²) in [6.45, 7) is 12.0. The van der Waals surface area contributed by atoms with E-state index in [-0.39, 0.29) is 6.04 Å². The van der Waals surface area contributed by atoms with Gasteiger partial charge in [-0.1, -0.05) is 13.8 Å². The van der Waals surface area contributed by atoms with E-state index in [1.165, 1.54) is 0 Å². The highest BCUT2D eigenvalue weighted by molar-refractivity contribution is 5.66. The molecule has 0 atom stereocenters. The number of nitriles is 1. The van der Waals surface area contributed by atoms with E-state index in [1.807, 2.05) is 11.6 Å². The van der Waals surface area contributed by atoms with Crippen LogP contribution in [0.15, 0.2) is 0 Å². The fourth-order valence-electron chi connectivity index (χ4n) is 2.13. The largest absolute Gasteiger partial charge is 0.394 e. The molecule has 5 nitrogen and oxygen atoms in total. The number of anilines is 2. The standard InChI is InChI=1S/C14H25N5/c1-10(2)9-18(8-6-7-15)14-13(16)12(5)17-19(14)11(3)4/h10-11H,6,8-9,16H2,1-5H3. The fraction of sp³-hybridized carbons (Fsp3) is 0.714. The Hall–Kier alpha value is -1.70. The molecule has 1 aromatic heterocycles. The lowest BCUT2D eigenvalue weighted by atomic mass is 10.2. The van der Waals surface area contributed by atoms with E-state index in [2.05, 4.69) is 43.8 Å². The minimum atomic E-state index is 0.253. The van der Waals surface area contributed by atoms with Crippen LogP contribution in [0.4, 0.5) is 11.5 Å². The van der Waals surface area contributed by atoms with Gasteiger partial charge in [-0.3, -0.25) is 0 Å². The molecule has 0 radical (unpaired) electrons. The van der Waals surface area contributed by atoms with E-state index in [9.17, 15) is 0 Å². The molecule has 0 spiro atoms. The summed E-state index contributed by atoms with van der Waals surface area (Å²) in [4.78, 5) is 2.18. The van der Waals surface area contributed by atoms with Crippen LogP contribution in [-0.4, -0.2) is 22.9 Å². The molecule has 0 aliphatic carbocycles. The Kier molecular flexibility index (Phi) is 5.22. The molecule has 0 saturated carbocycles. The first-order valence-electron chi connectivity index (χ1n) is 6.84. The van der Waals surface area contributed by atoms with Gasteiger partial charge >= 0.3 is 0 Å². The van der Waals surface area contributed by atoms with E-state index in [0.29, 0.717) is 18.9 Å². The molecule has 19 heavy (non-hydrogen) atoms. The summed E-state index contributed by atoms with van der Waals surface area (Å²) in [5.41, 5.74) is 7.77. The molecule has 0 bridgehead atoms. The zero-order valence-corrected chi connectivity index (χ0v) is 12.6. The van der Waals surface area contributed by atoms with Crippen molar-refractivity contribution in [2.24, 2.45) is 5.92 Å². The summed E-state index contributed by atoms with van der Waals surface area (Å²) >= 11 is 0. The second-order valence-corrected chi connectivity index (χ2v) is 5.61. The van der Waals surface area contributed by atoms with Crippen molar-refractivity contribution in [2.45, 2.75) is 47.1 Å². The zero-order valence-electron chi connectivity index (χ0n) is 12.6. The maximum atomic E-state index is 8.82. The Bertz CT molecular complexity index is 453. The van der Waals surface area contributed by atoms with Crippen LogP contribution >= 0.6 is 0 Å². The Morgan fingerprint density at radius 2 is 2.00 bits per heavy atom. The van der Waals surface area contributed by atoms with Crippen LogP contribution in [0.5, 0.6) is 0 Å². The summed E-state index contributed by atoms with van der Waals surface area (Å²) in [5, 5.41) is 13.3. The van der Waals surface area contributed by atoms with E-state index >= 15 is 0 Å². The molecular formula is C14H25N5. The van der Waals surface area contributed by atoms with Crippen LogP contribution in [0.3, 0.4) is 0 Å². The summed E-state index contributed by atoms with van der Waals surface area (Å²) in [6.07, 6.45) is 0.495. The molecule has 0 unspecified atom stereocenters. The number of aryl methyl sites for hydroxylation is 1. The third kappa shape index (κ3) is 3.63. The Morgan fingerprint density at radius 1 is 1.37 bits per heavy atom. The second kappa shape index (κ2) is 6.46. The first-order valence-corrected chi connectivity index (χ1v) is 6.84. The lowest BCUT2D eigenvalue weighted by molar-refractivity contribution is 0.511. The number of hydrogen-bond donors (Lipinski definition) is 1. The van der Waals surface area contributed by atoms with Crippen molar-refractivity contribution < 1.29 is 0 Å². The molecule has 106 valence electrons. The highest BCUT2D eigenvalue weighted by atomic mass is 15.4. The average molecular weight is 263 g/mol. The van der Waals surface area contributed by atoms with E-state index in [4.69, 9.17) is 11.0 Å². The van der Waals surface area contributed by atoms with E-state index < -0.39 is 0 Å². The molecule has 5 heteroatoms. The molecule has 2 N–H and O–H groups in total. The predicted octanol–water partition coefficient (Wildman–Crippen LogP) is 2.73. The monoisotopic (exact) mass is 263 g/mol. The second-order valence-electron chi connectivity index (χ2n) is 5.61. The number of hydrogen-bond acceptors (Lipinski definition) is 4. The molecule has 0 aliphatic rings. The van der Waals surface area contributed by atoms with Gasteiger partial charge in [0.2, 0.25) is 0 Å². The van der Waals surface area contributed by atoms with Gasteiger partial charge in [-0.2, -0.15) is 10.4 Å². The number of nitrogen functional groups attached to an aromatic ring is 1. The van der Waals surface area contributed by atoms with Gasteiger partial charge in [0, 0.05) is 19.1 Å². The van der Waals surface area contributed by atoms with Crippen LogP contribution in [0.1, 0.15) is 45.9 Å². The van der Waals surface area contributed by atoms with Crippen LogP contribution in [0.25, 0.3) is 0 Å². The highest BCUT2D eigenvalue weighted by Crippen LogP contribution is 2.30. The summed E-state index contributed by atoms with van der Waals surface area (Å²) in [5.74, 6) is 1.46. The van der Waals surface area contributed by atoms with E-state index in [1.54, 1.807) is 0 Å². The zero-order chi connectivity index (χ0) is 14.6. The Morgan fingerprint density at radius 3 is 2.47 bits per heavy atom. The van der Waals surface area contributed by atoms with Gasteiger partial charge < -0.3 is 10.6 Å². The molecule has 0 fully saturated rings. The van der Waals surface area contributed by atoms with Crippen LogP contribution in [0, 0.1) is 24.2 Å². The molecule has 0 amide bonds. The highest BCUT2D eigenvalue weighted by Gasteiger charge is 2.21.